The fourth-order valence-electron chi connectivity index (χ4n) is 4.55. The van der Waals surface area contributed by atoms with Gasteiger partial charge in [0.2, 0.25) is 0 Å². The molecule has 0 aliphatic carbocycles. The van der Waals surface area contributed by atoms with Crippen molar-refractivity contribution in [2.24, 2.45) is 5.73 Å². The lowest BCUT2D eigenvalue weighted by Crippen LogP contribution is -2.43. The third-order valence-corrected chi connectivity index (χ3v) is 6.98. The zero-order valence-corrected chi connectivity index (χ0v) is 20.9. The maximum absolute atomic E-state index is 11.4. The smallest absolute Gasteiger partial charge is 0.152 e. The van der Waals surface area contributed by atoms with Crippen molar-refractivity contribution < 1.29 is 9.90 Å². The predicted octanol–water partition coefficient (Wildman–Crippen LogP) is 5.72. The Morgan fingerprint density at radius 3 is 2.58 bits per heavy atom. The molecular weight excluding hydrogens is 497 g/mol. The highest BCUT2D eigenvalue weighted by atomic mass is 35.5. The van der Waals surface area contributed by atoms with E-state index in [9.17, 15) is 9.90 Å². The molecule has 0 radical (unpaired) electrons. The molecule has 0 bridgehead atoms. The van der Waals surface area contributed by atoms with Crippen LogP contribution in [0.2, 0.25) is 10.0 Å². The van der Waals surface area contributed by atoms with Gasteiger partial charge in [-0.25, -0.2) is 4.98 Å². The molecule has 1 saturated heterocycles. The van der Waals surface area contributed by atoms with Gasteiger partial charge in [0, 0.05) is 42.7 Å². The Labute approximate surface area is 218 Å². The molecule has 0 amide bonds. The summed E-state index contributed by atoms with van der Waals surface area (Å²) in [5, 5.41) is 14.6. The number of nitrogens with zero attached hydrogens (tertiary/aromatic N) is 3. The van der Waals surface area contributed by atoms with Crippen molar-refractivity contribution in [1.29, 1.82) is 0 Å². The van der Waals surface area contributed by atoms with Crippen molar-refractivity contribution in [3.05, 3.63) is 70.5 Å². The van der Waals surface area contributed by atoms with Gasteiger partial charge in [-0.15, -0.1) is 0 Å². The number of nitrogens with one attached hydrogen (secondary N) is 1. The van der Waals surface area contributed by atoms with Crippen LogP contribution in [0.1, 0.15) is 18.4 Å². The van der Waals surface area contributed by atoms with Crippen molar-refractivity contribution in [2.45, 2.75) is 25.3 Å². The first-order chi connectivity index (χ1) is 17.4. The minimum Gasteiger partial charge on any atom is -0.505 e. The fraction of sp³-hybridized carbons (Fsp3) is 0.222. The summed E-state index contributed by atoms with van der Waals surface area (Å²) in [6.45, 7) is 1.74. The maximum Gasteiger partial charge on any atom is 0.152 e. The summed E-state index contributed by atoms with van der Waals surface area (Å²) in [6, 6.07) is 13.2. The molecule has 7 nitrogen and oxygen atoms in total. The number of rotatable bonds is 6. The van der Waals surface area contributed by atoms with Gasteiger partial charge >= 0.3 is 0 Å². The molecule has 2 aromatic heterocycles. The van der Waals surface area contributed by atoms with Crippen LogP contribution in [0.25, 0.3) is 22.0 Å². The lowest BCUT2D eigenvalue weighted by molar-refractivity contribution is -0.107. The Bertz CT molecular complexity index is 1410. The topological polar surface area (TPSA) is 104 Å². The van der Waals surface area contributed by atoms with Crippen LogP contribution < -0.4 is 16.0 Å². The van der Waals surface area contributed by atoms with E-state index in [1.165, 1.54) is 0 Å². The Hall–Kier alpha value is -3.39. The number of aldehydes is 1. The number of aromatic nitrogens is 2. The molecule has 3 heterocycles. The normalized spacial score (nSPS) is 15.8. The standard InChI is InChI=1S/C27H25Cl2N5O2/c28-22-11-18(12-23(29)27(22)36)16-3-5-24-21(10-16)26(17(7-9-35)13-31-24)33-20-4-6-25(32-14-20)34-8-1-2-19(30)15-34/h3-6,9-14,19,36H,1-2,7-8,15,30H2,(H,31,33). The molecule has 1 aliphatic heterocycles. The second-order valence-corrected chi connectivity index (χ2v) is 9.74. The van der Waals surface area contributed by atoms with E-state index in [1.54, 1.807) is 24.5 Å². The second kappa shape index (κ2) is 10.3. The number of nitrogens with two attached hydrogens (primary N) is 1. The van der Waals surface area contributed by atoms with Gasteiger partial charge in [0.05, 0.1) is 33.1 Å². The van der Waals surface area contributed by atoms with Gasteiger partial charge in [0.25, 0.3) is 0 Å². The van der Waals surface area contributed by atoms with Gasteiger partial charge in [0.1, 0.15) is 12.1 Å². The van der Waals surface area contributed by atoms with Crippen molar-refractivity contribution in [1.82, 2.24) is 9.97 Å². The number of fused-ring (bicyclic) bond motifs is 1. The summed E-state index contributed by atoms with van der Waals surface area (Å²) < 4.78 is 0. The van der Waals surface area contributed by atoms with Gasteiger partial charge in [-0.2, -0.15) is 0 Å². The maximum atomic E-state index is 11.4. The summed E-state index contributed by atoms with van der Waals surface area (Å²) in [5.74, 6) is 0.745. The molecule has 0 saturated carbocycles. The van der Waals surface area contributed by atoms with E-state index in [-0.39, 0.29) is 28.3 Å². The number of aromatic hydroxyl groups is 1. The number of halogens is 2. The van der Waals surface area contributed by atoms with Gasteiger partial charge < -0.3 is 25.9 Å². The summed E-state index contributed by atoms with van der Waals surface area (Å²) >= 11 is 12.3. The van der Waals surface area contributed by atoms with Crippen LogP contribution >= 0.6 is 23.2 Å². The molecule has 4 aromatic rings. The Kier molecular flexibility index (Phi) is 6.96. The quantitative estimate of drug-likeness (QED) is 0.278. The summed E-state index contributed by atoms with van der Waals surface area (Å²) in [5.41, 5.74) is 10.8. The summed E-state index contributed by atoms with van der Waals surface area (Å²) in [7, 11) is 0. The van der Waals surface area contributed by atoms with Crippen LogP contribution in [0.5, 0.6) is 5.75 Å². The Morgan fingerprint density at radius 1 is 1.08 bits per heavy atom. The number of phenolic OH excluding ortho intramolecular Hbond substituents is 1. The Balaban J connectivity index is 1.53. The van der Waals surface area contributed by atoms with Crippen molar-refractivity contribution in [3.63, 3.8) is 0 Å². The third kappa shape index (κ3) is 4.95. The fourth-order valence-corrected chi connectivity index (χ4v) is 5.03. The second-order valence-electron chi connectivity index (χ2n) is 8.93. The number of anilines is 3. The van der Waals surface area contributed by atoms with Gasteiger partial charge in [-0.3, -0.25) is 4.98 Å². The predicted molar refractivity (Wildman–Crippen MR) is 146 cm³/mol. The highest BCUT2D eigenvalue weighted by Gasteiger charge is 2.18. The highest BCUT2D eigenvalue weighted by Crippen LogP contribution is 2.38. The molecule has 0 spiro atoms. The Morgan fingerprint density at radius 2 is 1.89 bits per heavy atom. The number of hydrogen-bond acceptors (Lipinski definition) is 7. The van der Waals surface area contributed by atoms with Gasteiger partial charge in [-0.05, 0) is 60.4 Å². The van der Waals surface area contributed by atoms with E-state index in [0.29, 0.717) is 0 Å². The minimum absolute atomic E-state index is 0.150. The van der Waals surface area contributed by atoms with Crippen LogP contribution in [0.15, 0.2) is 54.9 Å². The molecule has 5 rings (SSSR count). The van der Waals surface area contributed by atoms with Crippen molar-refractivity contribution in [3.8, 4) is 16.9 Å². The van der Waals surface area contributed by atoms with Crippen LogP contribution in [0.3, 0.4) is 0 Å². The number of carbonyl (C=O) groups is 1. The average molecular weight is 522 g/mol. The molecule has 1 atom stereocenters. The number of piperidine rings is 1. The molecule has 1 unspecified atom stereocenters. The van der Waals surface area contributed by atoms with Gasteiger partial charge in [-0.1, -0.05) is 29.3 Å². The molecule has 4 N–H and O–H groups in total. The summed E-state index contributed by atoms with van der Waals surface area (Å²) in [6.07, 6.45) is 6.66. The van der Waals surface area contributed by atoms with E-state index in [4.69, 9.17) is 28.9 Å². The molecule has 1 aliphatic rings. The zero-order chi connectivity index (χ0) is 25.2. The molecule has 184 valence electrons. The van der Waals surface area contributed by atoms with E-state index >= 15 is 0 Å². The first kappa shape index (κ1) is 24.3. The van der Waals surface area contributed by atoms with Crippen LogP contribution in [0, 0.1) is 0 Å². The minimum atomic E-state index is -0.150. The van der Waals surface area contributed by atoms with Crippen molar-refractivity contribution >= 4 is 57.6 Å². The molecule has 9 heteroatoms. The lowest BCUT2D eigenvalue weighted by Gasteiger charge is -2.31. The first-order valence-corrected chi connectivity index (χ1v) is 12.5. The SMILES string of the molecule is NC1CCCN(c2ccc(Nc3c(CC=O)cnc4ccc(-c5cc(Cl)c(O)c(Cl)c5)cc34)cn2)C1. The average Bonchev–Trinajstić information content (AvgIpc) is 2.88. The lowest BCUT2D eigenvalue weighted by atomic mass is 10.00. The zero-order valence-electron chi connectivity index (χ0n) is 19.4. The number of phenols is 1. The largest absolute Gasteiger partial charge is 0.505 e. The van der Waals surface area contributed by atoms with E-state index in [2.05, 4.69) is 20.2 Å². The summed E-state index contributed by atoms with van der Waals surface area (Å²) in [4.78, 5) is 22.8. The first-order valence-electron chi connectivity index (χ1n) is 11.7. The molecule has 2 aromatic carbocycles. The van der Waals surface area contributed by atoms with Crippen LogP contribution in [-0.2, 0) is 11.2 Å². The van der Waals surface area contributed by atoms with E-state index in [0.717, 1.165) is 77.0 Å². The van der Waals surface area contributed by atoms with E-state index < -0.39 is 0 Å². The molecule has 36 heavy (non-hydrogen) atoms. The number of carbonyl (C=O) groups excluding carboxylic acids is 1. The van der Waals surface area contributed by atoms with Crippen LogP contribution in [-0.4, -0.2) is 40.5 Å². The monoisotopic (exact) mass is 521 g/mol. The van der Waals surface area contributed by atoms with Crippen LogP contribution in [0.4, 0.5) is 17.2 Å². The third-order valence-electron chi connectivity index (χ3n) is 6.40. The highest BCUT2D eigenvalue weighted by molar-refractivity contribution is 6.37. The van der Waals surface area contributed by atoms with Gasteiger partial charge in [0.15, 0.2) is 5.75 Å². The number of pyridine rings is 2. The number of hydrogen-bond donors (Lipinski definition) is 3. The number of benzene rings is 2. The molecular formula is C27H25Cl2N5O2. The van der Waals surface area contributed by atoms with Crippen molar-refractivity contribution in [2.75, 3.05) is 23.3 Å². The van der Waals surface area contributed by atoms with E-state index in [1.807, 2.05) is 30.3 Å². The molecule has 1 fully saturated rings.